The van der Waals surface area contributed by atoms with E-state index in [2.05, 4.69) is 17.2 Å². The van der Waals surface area contributed by atoms with Crippen molar-refractivity contribution in [1.29, 1.82) is 0 Å². The number of pyridine rings is 2. The molecule has 0 amide bonds. The van der Waals surface area contributed by atoms with Gasteiger partial charge in [-0.15, -0.1) is 0 Å². The number of carboxylic acid groups (broad SMARTS) is 1. The minimum atomic E-state index is -1.33. The first-order valence-electron chi connectivity index (χ1n) is 9.10. The molecule has 2 fully saturated rings. The number of piperazine rings is 1. The number of aromatic carboxylic acids is 1. The van der Waals surface area contributed by atoms with E-state index in [0.29, 0.717) is 18.2 Å². The molecular weight excluding hydrogens is 351 g/mol. The smallest absolute Gasteiger partial charge is 0.341 e. The van der Waals surface area contributed by atoms with E-state index >= 15 is 0 Å². The Morgan fingerprint density at radius 3 is 2.67 bits per heavy atom. The maximum atomic E-state index is 14.9. The van der Waals surface area contributed by atoms with Crippen molar-refractivity contribution in [3.63, 3.8) is 0 Å². The van der Waals surface area contributed by atoms with Crippen LogP contribution in [-0.2, 0) is 5.54 Å². The Morgan fingerprint density at radius 1 is 1.41 bits per heavy atom. The quantitative estimate of drug-likeness (QED) is 0.835. The molecule has 2 N–H and O–H groups in total. The van der Waals surface area contributed by atoms with Crippen LogP contribution in [-0.4, -0.2) is 45.3 Å². The summed E-state index contributed by atoms with van der Waals surface area (Å²) >= 11 is 0. The van der Waals surface area contributed by atoms with Gasteiger partial charge in [0.2, 0.25) is 5.43 Å². The van der Waals surface area contributed by atoms with Crippen LogP contribution in [0, 0.1) is 5.82 Å². The lowest BCUT2D eigenvalue weighted by Crippen LogP contribution is -2.50. The van der Waals surface area contributed by atoms with Crippen LogP contribution in [0.4, 0.5) is 10.2 Å². The SMILES string of the molecule is C[C@@H]1N[C@@H]2C[C@H]1N(c1nc3c(cc1F)c(=O)c(C(=O)O)cn3C(C)(C)C)C2. The molecule has 144 valence electrons. The number of hydrogen-bond acceptors (Lipinski definition) is 5. The Labute approximate surface area is 155 Å². The van der Waals surface area contributed by atoms with E-state index in [1.54, 1.807) is 4.57 Å². The number of halogens is 1. The summed E-state index contributed by atoms with van der Waals surface area (Å²) in [5.41, 5.74) is -1.33. The van der Waals surface area contributed by atoms with E-state index in [4.69, 9.17) is 0 Å². The first-order chi connectivity index (χ1) is 12.6. The highest BCUT2D eigenvalue weighted by molar-refractivity contribution is 5.92. The Hall–Kier alpha value is -2.48. The predicted octanol–water partition coefficient (Wildman–Crippen LogP) is 1.93. The van der Waals surface area contributed by atoms with Crippen LogP contribution >= 0.6 is 0 Å². The molecule has 4 rings (SSSR count). The molecule has 0 radical (unpaired) electrons. The Morgan fingerprint density at radius 2 is 2.11 bits per heavy atom. The molecule has 2 bridgehead atoms. The predicted molar refractivity (Wildman–Crippen MR) is 100 cm³/mol. The third-order valence-corrected chi connectivity index (χ3v) is 5.56. The molecular formula is C19H23FN4O3. The van der Waals surface area contributed by atoms with Gasteiger partial charge in [0, 0.05) is 36.4 Å². The second-order valence-electron chi connectivity index (χ2n) is 8.49. The highest BCUT2D eigenvalue weighted by atomic mass is 19.1. The van der Waals surface area contributed by atoms with Crippen LogP contribution in [0.15, 0.2) is 17.1 Å². The fourth-order valence-corrected chi connectivity index (χ4v) is 4.27. The van der Waals surface area contributed by atoms with Gasteiger partial charge in [0.05, 0.1) is 5.39 Å². The molecule has 27 heavy (non-hydrogen) atoms. The molecule has 2 aromatic heterocycles. The fraction of sp³-hybridized carbons (Fsp3) is 0.526. The van der Waals surface area contributed by atoms with Crippen molar-refractivity contribution in [3.05, 3.63) is 33.9 Å². The van der Waals surface area contributed by atoms with Gasteiger partial charge < -0.3 is 19.9 Å². The molecule has 2 aromatic rings. The van der Waals surface area contributed by atoms with Crippen molar-refractivity contribution in [2.75, 3.05) is 11.4 Å². The lowest BCUT2D eigenvalue weighted by molar-refractivity contribution is 0.0694. The van der Waals surface area contributed by atoms with Gasteiger partial charge in [0.15, 0.2) is 11.6 Å². The van der Waals surface area contributed by atoms with E-state index in [1.807, 2.05) is 25.7 Å². The van der Waals surface area contributed by atoms with Crippen LogP contribution < -0.4 is 15.6 Å². The Bertz CT molecular complexity index is 1010. The van der Waals surface area contributed by atoms with Crippen LogP contribution in [0.1, 0.15) is 44.5 Å². The molecule has 2 aliphatic heterocycles. The van der Waals surface area contributed by atoms with Gasteiger partial charge in [-0.1, -0.05) is 0 Å². The molecule has 0 spiro atoms. The van der Waals surface area contributed by atoms with Gasteiger partial charge in [0.25, 0.3) is 0 Å². The van der Waals surface area contributed by atoms with E-state index in [9.17, 15) is 19.1 Å². The molecule has 4 heterocycles. The maximum Gasteiger partial charge on any atom is 0.341 e. The van der Waals surface area contributed by atoms with Gasteiger partial charge in [-0.2, -0.15) is 0 Å². The zero-order chi connectivity index (χ0) is 19.7. The number of nitrogens with zero attached hydrogens (tertiary/aromatic N) is 3. The third-order valence-electron chi connectivity index (χ3n) is 5.56. The zero-order valence-corrected chi connectivity index (χ0v) is 15.8. The first-order valence-corrected chi connectivity index (χ1v) is 9.10. The molecule has 3 atom stereocenters. The van der Waals surface area contributed by atoms with Crippen molar-refractivity contribution in [2.45, 2.75) is 57.8 Å². The number of nitrogens with one attached hydrogen (secondary N) is 1. The maximum absolute atomic E-state index is 14.9. The van der Waals surface area contributed by atoms with E-state index in [1.165, 1.54) is 6.20 Å². The van der Waals surface area contributed by atoms with Gasteiger partial charge in [-0.25, -0.2) is 14.2 Å². The highest BCUT2D eigenvalue weighted by Gasteiger charge is 2.44. The van der Waals surface area contributed by atoms with Crippen molar-refractivity contribution in [3.8, 4) is 0 Å². The highest BCUT2D eigenvalue weighted by Crippen LogP contribution is 2.34. The monoisotopic (exact) mass is 374 g/mol. The summed E-state index contributed by atoms with van der Waals surface area (Å²) in [5.74, 6) is -1.70. The van der Waals surface area contributed by atoms with Crippen molar-refractivity contribution >= 4 is 22.8 Å². The number of carboxylic acids is 1. The first kappa shape index (κ1) is 17.9. The molecule has 0 saturated carbocycles. The van der Waals surface area contributed by atoms with E-state index < -0.39 is 22.8 Å². The summed E-state index contributed by atoms with van der Waals surface area (Å²) in [4.78, 5) is 30.6. The number of carbonyl (C=O) groups is 1. The Balaban J connectivity index is 1.97. The van der Waals surface area contributed by atoms with Gasteiger partial charge >= 0.3 is 5.97 Å². The molecule has 2 saturated heterocycles. The van der Waals surface area contributed by atoms with Gasteiger partial charge in [0.1, 0.15) is 11.2 Å². The van der Waals surface area contributed by atoms with Crippen molar-refractivity contribution in [2.24, 2.45) is 0 Å². The summed E-state index contributed by atoms with van der Waals surface area (Å²) in [6.07, 6.45) is 2.24. The summed E-state index contributed by atoms with van der Waals surface area (Å²) in [5, 5.41) is 12.8. The van der Waals surface area contributed by atoms with Crippen LogP contribution in [0.5, 0.6) is 0 Å². The van der Waals surface area contributed by atoms with Crippen molar-refractivity contribution in [1.82, 2.24) is 14.9 Å². The number of fused-ring (bicyclic) bond motifs is 3. The summed E-state index contributed by atoms with van der Waals surface area (Å²) in [6, 6.07) is 1.84. The third kappa shape index (κ3) is 2.70. The largest absolute Gasteiger partial charge is 0.477 e. The number of anilines is 1. The summed E-state index contributed by atoms with van der Waals surface area (Å²) in [7, 11) is 0. The molecule has 0 aliphatic carbocycles. The fourth-order valence-electron chi connectivity index (χ4n) is 4.27. The lowest BCUT2D eigenvalue weighted by Gasteiger charge is -2.33. The molecule has 0 aromatic carbocycles. The zero-order valence-electron chi connectivity index (χ0n) is 15.8. The lowest BCUT2D eigenvalue weighted by atomic mass is 10.1. The topological polar surface area (TPSA) is 87.5 Å². The van der Waals surface area contributed by atoms with E-state index in [-0.39, 0.29) is 28.9 Å². The van der Waals surface area contributed by atoms with Crippen LogP contribution in [0.25, 0.3) is 11.0 Å². The van der Waals surface area contributed by atoms with Gasteiger partial charge in [-0.3, -0.25) is 4.79 Å². The minimum Gasteiger partial charge on any atom is -0.477 e. The standard InChI is InChI=1S/C19H23FN4O3/c1-9-14-5-10(21-9)7-23(14)17-13(20)6-11-15(25)12(18(26)27)8-24(16(11)22-17)19(2,3)4/h6,8-10,14,21H,5,7H2,1-4H3,(H,26,27)/t9-,10+,14+/m0/s1. The van der Waals surface area contributed by atoms with Crippen LogP contribution in [0.2, 0.25) is 0 Å². The minimum absolute atomic E-state index is 0.0124. The summed E-state index contributed by atoms with van der Waals surface area (Å²) in [6.45, 7) is 8.39. The molecule has 0 unspecified atom stereocenters. The Kier molecular flexibility index (Phi) is 3.82. The number of aromatic nitrogens is 2. The molecule has 7 nitrogen and oxygen atoms in total. The van der Waals surface area contributed by atoms with E-state index in [0.717, 1.165) is 12.5 Å². The van der Waals surface area contributed by atoms with Gasteiger partial charge in [-0.05, 0) is 40.2 Å². The average molecular weight is 374 g/mol. The average Bonchev–Trinajstić information content (AvgIpc) is 3.12. The summed E-state index contributed by atoms with van der Waals surface area (Å²) < 4.78 is 16.6. The molecule has 2 aliphatic rings. The second kappa shape index (κ2) is 5.76. The van der Waals surface area contributed by atoms with Crippen molar-refractivity contribution < 1.29 is 14.3 Å². The normalized spacial score (nSPS) is 24.8. The number of hydrogen-bond donors (Lipinski definition) is 2. The second-order valence-corrected chi connectivity index (χ2v) is 8.49. The number of rotatable bonds is 2. The van der Waals surface area contributed by atoms with Crippen LogP contribution in [0.3, 0.4) is 0 Å². The molecule has 8 heteroatoms.